The third kappa shape index (κ3) is 4.64. The first-order chi connectivity index (χ1) is 20.0. The Morgan fingerprint density at radius 1 is 0.929 bits per heavy atom. The van der Waals surface area contributed by atoms with Gasteiger partial charge >= 0.3 is 12.1 Å². The van der Waals surface area contributed by atoms with E-state index in [0.29, 0.717) is 40.4 Å². The molecular weight excluding hydrogens is 547 g/mol. The predicted octanol–water partition coefficient (Wildman–Crippen LogP) is 5.81. The molecule has 0 radical (unpaired) electrons. The molecule has 1 saturated carbocycles. The maximum Gasteiger partial charge on any atom is 0.416 e. The summed E-state index contributed by atoms with van der Waals surface area (Å²) in [6.07, 6.45) is 2.44. The number of carbonyl (C=O) groups excluding carboxylic acids is 3. The molecule has 1 aromatic heterocycles. The zero-order chi connectivity index (χ0) is 29.7. The smallest absolute Gasteiger partial charge is 0.416 e. The first-order valence-corrected chi connectivity index (χ1v) is 13.0. The van der Waals surface area contributed by atoms with Gasteiger partial charge in [0.15, 0.2) is 16.9 Å². The number of carbonyl (C=O) groups is 3. The van der Waals surface area contributed by atoms with E-state index in [0.717, 1.165) is 12.1 Å². The number of aromatic nitrogens is 1. The van der Waals surface area contributed by atoms with Crippen molar-refractivity contribution in [2.75, 3.05) is 0 Å². The van der Waals surface area contributed by atoms with Crippen molar-refractivity contribution >= 4 is 34.8 Å². The minimum atomic E-state index is -4.48. The lowest BCUT2D eigenvalue weighted by molar-refractivity contribution is -0.137. The molecule has 1 aliphatic heterocycles. The van der Waals surface area contributed by atoms with Crippen LogP contribution in [0.1, 0.15) is 44.7 Å². The number of ketones is 1. The summed E-state index contributed by atoms with van der Waals surface area (Å²) in [7, 11) is 0. The highest BCUT2D eigenvalue weighted by atomic mass is 19.4. The fraction of sp³-hybridized carbons (Fsp3) is 0.156. The van der Waals surface area contributed by atoms with E-state index >= 15 is 0 Å². The summed E-state index contributed by atoms with van der Waals surface area (Å²) in [6.45, 7) is 0. The Morgan fingerprint density at radius 2 is 1.67 bits per heavy atom. The lowest BCUT2D eigenvalue weighted by Gasteiger charge is -2.25. The number of hydrogen-bond acceptors (Lipinski definition) is 6. The van der Waals surface area contributed by atoms with Crippen LogP contribution >= 0.6 is 0 Å². The van der Waals surface area contributed by atoms with Crippen molar-refractivity contribution in [3.63, 3.8) is 0 Å². The number of allylic oxidation sites excluding steroid dienone is 1. The van der Waals surface area contributed by atoms with Crippen LogP contribution in [-0.4, -0.2) is 34.5 Å². The van der Waals surface area contributed by atoms with Gasteiger partial charge in [0.25, 0.3) is 5.91 Å². The summed E-state index contributed by atoms with van der Waals surface area (Å²) in [5.74, 6) is -1.77. The molecule has 42 heavy (non-hydrogen) atoms. The van der Waals surface area contributed by atoms with Gasteiger partial charge in [0.2, 0.25) is 0 Å². The fourth-order valence-corrected chi connectivity index (χ4v) is 5.02. The van der Waals surface area contributed by atoms with Gasteiger partial charge in [0, 0.05) is 36.2 Å². The molecule has 0 bridgehead atoms. The third-order valence-electron chi connectivity index (χ3n) is 7.54. The quantitative estimate of drug-likeness (QED) is 0.223. The average Bonchev–Trinajstić information content (AvgIpc) is 3.60. The second kappa shape index (κ2) is 9.76. The van der Waals surface area contributed by atoms with Gasteiger partial charge in [-0.15, -0.1) is 0 Å². The minimum Gasteiger partial charge on any atom is -0.445 e. The molecule has 6 rings (SSSR count). The number of pyridine rings is 1. The van der Waals surface area contributed by atoms with Crippen LogP contribution in [0, 0.1) is 0 Å². The molecule has 4 aromatic rings. The molecule has 2 aliphatic rings. The molecule has 1 unspecified atom stereocenters. The van der Waals surface area contributed by atoms with Crippen LogP contribution in [0.15, 0.2) is 96.1 Å². The summed E-state index contributed by atoms with van der Waals surface area (Å²) in [4.78, 5) is 47.4. The van der Waals surface area contributed by atoms with Crippen molar-refractivity contribution in [2.24, 2.45) is 10.7 Å². The minimum absolute atomic E-state index is 0.151. The number of aliphatic imine (C=N–C) groups is 1. The number of rotatable bonds is 7. The summed E-state index contributed by atoms with van der Waals surface area (Å²) in [6, 6.07) is 18.0. The number of esters is 1. The highest BCUT2D eigenvalue weighted by Gasteiger charge is 2.53. The van der Waals surface area contributed by atoms with Gasteiger partial charge in [-0.3, -0.25) is 19.6 Å². The van der Waals surface area contributed by atoms with Gasteiger partial charge in [-0.25, -0.2) is 4.79 Å². The molecule has 2 heterocycles. The molecule has 1 amide bonds. The van der Waals surface area contributed by atoms with Crippen LogP contribution in [0.25, 0.3) is 22.0 Å². The number of alkyl halides is 3. The third-order valence-corrected chi connectivity index (χ3v) is 7.54. The second-order valence-electron chi connectivity index (χ2n) is 10.2. The maximum absolute atomic E-state index is 14.2. The van der Waals surface area contributed by atoms with E-state index in [9.17, 15) is 27.6 Å². The van der Waals surface area contributed by atoms with E-state index in [1.54, 1.807) is 60.7 Å². The normalized spacial score (nSPS) is 18.6. The van der Waals surface area contributed by atoms with Gasteiger partial charge in [-0.1, -0.05) is 48.5 Å². The molecule has 0 spiro atoms. The topological polar surface area (TPSA) is 112 Å². The number of benzene rings is 3. The summed E-state index contributed by atoms with van der Waals surface area (Å²) < 4.78 is 44.7. The van der Waals surface area contributed by atoms with Crippen molar-refractivity contribution in [1.29, 1.82) is 0 Å². The number of halogens is 3. The first-order valence-electron chi connectivity index (χ1n) is 13.0. The second-order valence-corrected chi connectivity index (χ2v) is 10.2. The first kappa shape index (κ1) is 27.1. The summed E-state index contributed by atoms with van der Waals surface area (Å²) in [5.41, 5.74) is 4.24. The van der Waals surface area contributed by atoms with E-state index in [1.807, 2.05) is 0 Å². The highest BCUT2D eigenvalue weighted by molar-refractivity contribution is 6.12. The number of nitrogens with zero attached hydrogens (tertiary/aromatic N) is 2. The standard InChI is InChI=1S/C32H22F3N3O4/c33-32(34,35)22-9-6-19(7-10-22)24-4-1-2-5-25(24)27(39)31(12-3-15-38-31)23-11-8-20-16-21(18-37-26(20)17-23)28(40)42-30(13-14-30)29(36)41/h1-12,15-18H,13-14H2,(H2,36,41). The molecule has 210 valence electrons. The number of primary amides is 1. The molecule has 1 atom stereocenters. The predicted molar refractivity (Wildman–Crippen MR) is 149 cm³/mol. The Morgan fingerprint density at radius 3 is 2.31 bits per heavy atom. The van der Waals surface area contributed by atoms with Gasteiger partial charge < -0.3 is 10.5 Å². The van der Waals surface area contributed by atoms with Gasteiger partial charge in [-0.2, -0.15) is 13.2 Å². The van der Waals surface area contributed by atoms with E-state index in [2.05, 4.69) is 9.98 Å². The van der Waals surface area contributed by atoms with Crippen molar-refractivity contribution < 1.29 is 32.3 Å². The van der Waals surface area contributed by atoms with Crippen molar-refractivity contribution in [3.8, 4) is 11.1 Å². The zero-order valence-corrected chi connectivity index (χ0v) is 21.9. The largest absolute Gasteiger partial charge is 0.445 e. The number of ether oxygens (including phenoxy) is 1. The molecule has 1 aliphatic carbocycles. The SMILES string of the molecule is NC(=O)C1(OC(=O)c2cnc3cc(C4(C(=O)c5ccccc5-c5ccc(C(F)(F)F)cc5)C=CC=N4)ccc3c2)CC1. The molecule has 10 heteroatoms. The molecule has 1 fully saturated rings. The molecular formula is C32H22F3N3O4. The van der Waals surface area contributed by atoms with Crippen LogP contribution in [0.4, 0.5) is 13.2 Å². The molecule has 3 aromatic carbocycles. The monoisotopic (exact) mass is 569 g/mol. The van der Waals surface area contributed by atoms with Gasteiger partial charge in [0.05, 0.1) is 16.6 Å². The van der Waals surface area contributed by atoms with Crippen LogP contribution in [0.5, 0.6) is 0 Å². The lowest BCUT2D eigenvalue weighted by atomic mass is 9.81. The van der Waals surface area contributed by atoms with Crippen LogP contribution in [0.2, 0.25) is 0 Å². The summed E-state index contributed by atoms with van der Waals surface area (Å²) in [5, 5.41) is 0.593. The van der Waals surface area contributed by atoms with Gasteiger partial charge in [0.1, 0.15) is 0 Å². The van der Waals surface area contributed by atoms with Crippen molar-refractivity contribution in [2.45, 2.75) is 30.2 Å². The lowest BCUT2D eigenvalue weighted by Crippen LogP contribution is -2.35. The van der Waals surface area contributed by atoms with Crippen LogP contribution in [-0.2, 0) is 21.2 Å². The van der Waals surface area contributed by atoms with Gasteiger partial charge in [-0.05, 0) is 53.1 Å². The van der Waals surface area contributed by atoms with E-state index in [-0.39, 0.29) is 16.9 Å². The average molecular weight is 570 g/mol. The molecule has 7 nitrogen and oxygen atoms in total. The van der Waals surface area contributed by atoms with Crippen molar-refractivity contribution in [1.82, 2.24) is 4.98 Å². The number of amides is 1. The zero-order valence-electron chi connectivity index (χ0n) is 21.9. The van der Waals surface area contributed by atoms with E-state index in [4.69, 9.17) is 10.5 Å². The fourth-order valence-electron chi connectivity index (χ4n) is 5.02. The Balaban J connectivity index is 1.34. The van der Waals surface area contributed by atoms with Crippen molar-refractivity contribution in [3.05, 3.63) is 113 Å². The number of nitrogens with two attached hydrogens (primary N) is 1. The van der Waals surface area contributed by atoms with Crippen LogP contribution in [0.3, 0.4) is 0 Å². The number of Topliss-reactive ketones (excluding diaryl/α,β-unsaturated/α-hetero) is 1. The Bertz CT molecular complexity index is 1810. The molecule has 0 saturated heterocycles. The maximum atomic E-state index is 14.2. The highest BCUT2D eigenvalue weighted by Crippen LogP contribution is 2.41. The number of fused-ring (bicyclic) bond motifs is 1. The van der Waals surface area contributed by atoms with E-state index < -0.39 is 34.8 Å². The van der Waals surface area contributed by atoms with Crippen LogP contribution < -0.4 is 5.73 Å². The van der Waals surface area contributed by atoms with E-state index in [1.165, 1.54) is 24.5 Å². The Kier molecular flexibility index (Phi) is 6.29. The molecule has 2 N–H and O–H groups in total. The summed E-state index contributed by atoms with van der Waals surface area (Å²) >= 11 is 0. The Hall–Kier alpha value is -5.12. The Labute approximate surface area is 237 Å². The number of hydrogen-bond donors (Lipinski definition) is 1.